The van der Waals surface area contributed by atoms with Crippen molar-refractivity contribution in [2.75, 3.05) is 20.1 Å². The molecule has 0 aromatic rings. The average molecular weight is 240 g/mol. The molecule has 17 heavy (non-hydrogen) atoms. The van der Waals surface area contributed by atoms with Gasteiger partial charge >= 0.3 is 0 Å². The molecule has 1 rings (SSSR count). The number of likely N-dealkylation sites (tertiary alicyclic amines) is 1. The van der Waals surface area contributed by atoms with E-state index in [4.69, 9.17) is 0 Å². The fraction of sp³-hybridized carbons (Fsp3) is 1.00. The third kappa shape index (κ3) is 6.42. The number of nitrogens with one attached hydrogen (secondary N) is 1. The second-order valence-corrected chi connectivity index (χ2v) is 6.27. The summed E-state index contributed by atoms with van der Waals surface area (Å²) < 4.78 is 0. The highest BCUT2D eigenvalue weighted by molar-refractivity contribution is 4.84. The van der Waals surface area contributed by atoms with E-state index in [9.17, 15) is 0 Å². The van der Waals surface area contributed by atoms with Gasteiger partial charge in [-0.3, -0.25) is 0 Å². The van der Waals surface area contributed by atoms with Gasteiger partial charge in [-0.25, -0.2) is 0 Å². The molecule has 0 amide bonds. The summed E-state index contributed by atoms with van der Waals surface area (Å²) in [7, 11) is 2.23. The van der Waals surface area contributed by atoms with Gasteiger partial charge in [-0.15, -0.1) is 0 Å². The molecule has 0 aliphatic carbocycles. The zero-order valence-corrected chi connectivity index (χ0v) is 12.3. The maximum absolute atomic E-state index is 3.70. The molecule has 2 atom stereocenters. The van der Waals surface area contributed by atoms with Crippen LogP contribution in [0.1, 0.15) is 59.3 Å². The quantitative estimate of drug-likeness (QED) is 0.655. The number of unbranched alkanes of at least 4 members (excludes halogenated alkanes) is 3. The predicted octanol–water partition coefficient (Wildman–Crippen LogP) is 3.28. The first-order valence-electron chi connectivity index (χ1n) is 7.53. The Balaban J connectivity index is 1.88. The highest BCUT2D eigenvalue weighted by Gasteiger charge is 2.24. The molecule has 1 aliphatic rings. The van der Waals surface area contributed by atoms with Crippen molar-refractivity contribution < 1.29 is 0 Å². The van der Waals surface area contributed by atoms with Gasteiger partial charge in [0.25, 0.3) is 0 Å². The van der Waals surface area contributed by atoms with Gasteiger partial charge in [0.15, 0.2) is 0 Å². The zero-order valence-electron chi connectivity index (χ0n) is 12.3. The van der Waals surface area contributed by atoms with Gasteiger partial charge in [0.1, 0.15) is 0 Å². The Morgan fingerprint density at radius 2 is 1.88 bits per heavy atom. The van der Waals surface area contributed by atoms with E-state index in [0.29, 0.717) is 0 Å². The van der Waals surface area contributed by atoms with Gasteiger partial charge in [-0.1, -0.05) is 39.5 Å². The zero-order chi connectivity index (χ0) is 12.7. The van der Waals surface area contributed by atoms with Crippen LogP contribution in [0.3, 0.4) is 0 Å². The van der Waals surface area contributed by atoms with Crippen molar-refractivity contribution in [3.8, 4) is 0 Å². The van der Waals surface area contributed by atoms with E-state index in [2.05, 4.69) is 38.0 Å². The summed E-state index contributed by atoms with van der Waals surface area (Å²) in [4.78, 5) is 2.46. The molecule has 1 aliphatic heterocycles. The maximum atomic E-state index is 3.70. The molecule has 0 aromatic heterocycles. The third-order valence-corrected chi connectivity index (χ3v) is 4.03. The van der Waals surface area contributed by atoms with Gasteiger partial charge < -0.3 is 10.2 Å². The number of rotatable bonds is 8. The Kier molecular flexibility index (Phi) is 7.14. The van der Waals surface area contributed by atoms with E-state index in [0.717, 1.165) is 18.0 Å². The molecule has 1 saturated heterocycles. The van der Waals surface area contributed by atoms with Gasteiger partial charge in [0.05, 0.1) is 0 Å². The van der Waals surface area contributed by atoms with Gasteiger partial charge in [-0.2, -0.15) is 0 Å². The van der Waals surface area contributed by atoms with Crippen molar-refractivity contribution in [1.82, 2.24) is 10.2 Å². The highest BCUT2D eigenvalue weighted by Crippen LogP contribution is 2.15. The van der Waals surface area contributed by atoms with Gasteiger partial charge in [-0.05, 0) is 39.3 Å². The molecular formula is C15H32N2. The molecule has 0 radical (unpaired) electrons. The Labute approximate surface area is 108 Å². The number of hydrogen-bond donors (Lipinski definition) is 1. The summed E-state index contributed by atoms with van der Waals surface area (Å²) >= 11 is 0. The van der Waals surface area contributed by atoms with Crippen LogP contribution in [0.2, 0.25) is 0 Å². The SMILES string of the molecule is CC(C)CCCCCCNC1CC(C)N(C)C1. The number of hydrogen-bond acceptors (Lipinski definition) is 2. The fourth-order valence-electron chi connectivity index (χ4n) is 2.68. The molecule has 0 aromatic carbocycles. The van der Waals surface area contributed by atoms with E-state index in [1.807, 2.05) is 0 Å². The van der Waals surface area contributed by atoms with Gasteiger partial charge in [0.2, 0.25) is 0 Å². The molecule has 0 bridgehead atoms. The van der Waals surface area contributed by atoms with Crippen LogP contribution in [0, 0.1) is 5.92 Å². The standard InChI is InChI=1S/C15H32N2/c1-13(2)9-7-5-6-8-10-16-15-11-14(3)17(4)12-15/h13-16H,5-12H2,1-4H3. The van der Waals surface area contributed by atoms with Gasteiger partial charge in [0, 0.05) is 18.6 Å². The van der Waals surface area contributed by atoms with Crippen LogP contribution in [0.4, 0.5) is 0 Å². The molecule has 0 saturated carbocycles. The fourth-order valence-corrected chi connectivity index (χ4v) is 2.68. The second-order valence-electron chi connectivity index (χ2n) is 6.27. The first kappa shape index (κ1) is 15.0. The van der Waals surface area contributed by atoms with Crippen LogP contribution in [0.5, 0.6) is 0 Å². The third-order valence-electron chi connectivity index (χ3n) is 4.03. The van der Waals surface area contributed by atoms with E-state index in [-0.39, 0.29) is 0 Å². The molecule has 0 spiro atoms. The maximum Gasteiger partial charge on any atom is 0.0209 e. The Morgan fingerprint density at radius 3 is 2.47 bits per heavy atom. The Bertz CT molecular complexity index is 181. The first-order chi connectivity index (χ1) is 8.09. The van der Waals surface area contributed by atoms with Crippen molar-refractivity contribution in [3.63, 3.8) is 0 Å². The molecular weight excluding hydrogens is 208 g/mol. The summed E-state index contributed by atoms with van der Waals surface area (Å²) in [5.74, 6) is 0.878. The smallest absolute Gasteiger partial charge is 0.0209 e. The molecule has 2 nitrogen and oxygen atoms in total. The van der Waals surface area contributed by atoms with Crippen LogP contribution in [0.15, 0.2) is 0 Å². The van der Waals surface area contributed by atoms with Crippen LogP contribution in [-0.2, 0) is 0 Å². The van der Waals surface area contributed by atoms with Crippen LogP contribution in [-0.4, -0.2) is 37.1 Å². The molecule has 2 unspecified atom stereocenters. The van der Waals surface area contributed by atoms with Crippen LogP contribution in [0.25, 0.3) is 0 Å². The topological polar surface area (TPSA) is 15.3 Å². The van der Waals surface area contributed by atoms with Crippen molar-refractivity contribution in [3.05, 3.63) is 0 Å². The molecule has 1 fully saturated rings. The molecule has 1 N–H and O–H groups in total. The number of likely N-dealkylation sites (N-methyl/N-ethyl adjacent to an activating group) is 1. The monoisotopic (exact) mass is 240 g/mol. The first-order valence-corrected chi connectivity index (χ1v) is 7.53. The highest BCUT2D eigenvalue weighted by atomic mass is 15.2. The Hall–Kier alpha value is -0.0800. The Morgan fingerprint density at radius 1 is 1.18 bits per heavy atom. The van der Waals surface area contributed by atoms with Crippen molar-refractivity contribution >= 4 is 0 Å². The molecule has 102 valence electrons. The lowest BCUT2D eigenvalue weighted by Gasteiger charge is -2.13. The molecule has 1 heterocycles. The van der Waals surface area contributed by atoms with E-state index >= 15 is 0 Å². The van der Waals surface area contributed by atoms with Crippen molar-refractivity contribution in [2.24, 2.45) is 5.92 Å². The summed E-state index contributed by atoms with van der Waals surface area (Å²) in [6.45, 7) is 9.41. The number of nitrogens with zero attached hydrogens (tertiary/aromatic N) is 1. The second kappa shape index (κ2) is 8.10. The normalized spacial score (nSPS) is 25.9. The van der Waals surface area contributed by atoms with Crippen LogP contribution < -0.4 is 5.32 Å². The lowest BCUT2D eigenvalue weighted by molar-refractivity contribution is 0.326. The lowest BCUT2D eigenvalue weighted by atomic mass is 10.0. The minimum absolute atomic E-state index is 0.741. The van der Waals surface area contributed by atoms with Crippen molar-refractivity contribution in [2.45, 2.75) is 71.4 Å². The summed E-state index contributed by atoms with van der Waals surface area (Å²) in [6, 6.07) is 1.50. The predicted molar refractivity (Wildman–Crippen MR) is 76.4 cm³/mol. The van der Waals surface area contributed by atoms with Crippen LogP contribution >= 0.6 is 0 Å². The summed E-state index contributed by atoms with van der Waals surface area (Å²) in [6.07, 6.45) is 8.31. The minimum Gasteiger partial charge on any atom is -0.313 e. The lowest BCUT2D eigenvalue weighted by Crippen LogP contribution is -2.32. The average Bonchev–Trinajstić information content (AvgIpc) is 2.56. The largest absolute Gasteiger partial charge is 0.313 e. The van der Waals surface area contributed by atoms with E-state index < -0.39 is 0 Å². The van der Waals surface area contributed by atoms with E-state index in [1.165, 1.54) is 51.6 Å². The molecule has 2 heteroatoms. The van der Waals surface area contributed by atoms with Crippen molar-refractivity contribution in [1.29, 1.82) is 0 Å². The van der Waals surface area contributed by atoms with E-state index in [1.54, 1.807) is 0 Å². The summed E-state index contributed by atoms with van der Waals surface area (Å²) in [5.41, 5.74) is 0. The summed E-state index contributed by atoms with van der Waals surface area (Å²) in [5, 5.41) is 3.70. The minimum atomic E-state index is 0.741.